The first-order chi connectivity index (χ1) is 16.5. The van der Waals surface area contributed by atoms with Crippen LogP contribution in [0.2, 0.25) is 0 Å². The van der Waals surface area contributed by atoms with Crippen LogP contribution in [0.25, 0.3) is 11.1 Å². The first-order valence-corrected chi connectivity index (χ1v) is 12.3. The number of amides is 1. The van der Waals surface area contributed by atoms with Gasteiger partial charge in [-0.1, -0.05) is 18.2 Å². The Morgan fingerprint density at radius 2 is 1.94 bits per heavy atom. The predicted octanol–water partition coefficient (Wildman–Crippen LogP) is 4.62. The average Bonchev–Trinajstić information content (AvgIpc) is 3.19. The summed E-state index contributed by atoms with van der Waals surface area (Å²) < 4.78 is 70.1. The summed E-state index contributed by atoms with van der Waals surface area (Å²) in [6, 6.07) is 8.97. The third-order valence-electron chi connectivity index (χ3n) is 5.04. The summed E-state index contributed by atoms with van der Waals surface area (Å²) >= 11 is 1.02. The van der Waals surface area contributed by atoms with E-state index in [4.69, 9.17) is 4.74 Å². The van der Waals surface area contributed by atoms with E-state index in [2.05, 4.69) is 19.5 Å². The molecule has 0 atom stereocenters. The number of carbonyl (C=O) groups is 1. The zero-order valence-corrected chi connectivity index (χ0v) is 20.0. The van der Waals surface area contributed by atoms with Crippen LogP contribution >= 0.6 is 11.3 Å². The number of thiazole rings is 1. The number of anilines is 1. The van der Waals surface area contributed by atoms with Crippen molar-refractivity contribution in [2.75, 3.05) is 12.4 Å². The standard InChI is InChI=1S/C22H18F3N3O5S2/c1-12-9-15(14-5-3-4-6-18(14)32-2)16(11-26-12)20(29)28-21-27-17-8-7-13(10-19(17)34-21)33-35(30,31)22(23,24)25/h3-7,9,11H,8,10H2,1-2H3,(H,27,28,29). The maximum atomic E-state index is 13.1. The molecule has 4 rings (SSSR count). The summed E-state index contributed by atoms with van der Waals surface area (Å²) in [5.74, 6) is -0.268. The number of methoxy groups -OCH3 is 1. The van der Waals surface area contributed by atoms with Gasteiger partial charge in [-0.15, -0.1) is 11.3 Å². The first-order valence-electron chi connectivity index (χ1n) is 10.1. The number of carbonyl (C=O) groups excluding carboxylic acids is 1. The van der Waals surface area contributed by atoms with Crippen molar-refractivity contribution in [1.29, 1.82) is 0 Å². The lowest BCUT2D eigenvalue weighted by atomic mass is 9.99. The molecule has 2 heterocycles. The van der Waals surface area contributed by atoms with E-state index >= 15 is 0 Å². The molecule has 13 heteroatoms. The third-order valence-corrected chi connectivity index (χ3v) is 7.05. The van der Waals surface area contributed by atoms with Crippen molar-refractivity contribution in [2.45, 2.75) is 25.3 Å². The van der Waals surface area contributed by atoms with Gasteiger partial charge in [0, 0.05) is 40.7 Å². The number of rotatable bonds is 6. The molecule has 0 bridgehead atoms. The Morgan fingerprint density at radius 3 is 2.66 bits per heavy atom. The van der Waals surface area contributed by atoms with E-state index in [0.29, 0.717) is 33.1 Å². The van der Waals surface area contributed by atoms with Gasteiger partial charge in [0.1, 0.15) is 11.5 Å². The fourth-order valence-corrected chi connectivity index (χ4v) is 4.92. The van der Waals surface area contributed by atoms with Gasteiger partial charge in [-0.05, 0) is 25.1 Å². The van der Waals surface area contributed by atoms with E-state index < -0.39 is 21.5 Å². The minimum atomic E-state index is -5.76. The number of alkyl halides is 3. The molecule has 0 unspecified atom stereocenters. The van der Waals surface area contributed by atoms with Crippen LogP contribution in [0.4, 0.5) is 18.3 Å². The second-order valence-corrected chi connectivity index (χ2v) is 10.1. The number of para-hydroxylation sites is 1. The van der Waals surface area contributed by atoms with Crippen molar-refractivity contribution >= 4 is 32.5 Å². The van der Waals surface area contributed by atoms with Crippen molar-refractivity contribution < 1.29 is 35.3 Å². The molecular weight excluding hydrogens is 507 g/mol. The van der Waals surface area contributed by atoms with Gasteiger partial charge in [-0.3, -0.25) is 15.1 Å². The van der Waals surface area contributed by atoms with Gasteiger partial charge in [-0.2, -0.15) is 21.6 Å². The number of aromatic nitrogens is 2. The van der Waals surface area contributed by atoms with Gasteiger partial charge in [-0.25, -0.2) is 4.98 Å². The lowest BCUT2D eigenvalue weighted by Crippen LogP contribution is -2.26. The van der Waals surface area contributed by atoms with Gasteiger partial charge in [0.05, 0.1) is 18.4 Å². The molecule has 2 aromatic heterocycles. The van der Waals surface area contributed by atoms with Crippen molar-refractivity contribution in [1.82, 2.24) is 9.97 Å². The van der Waals surface area contributed by atoms with E-state index in [9.17, 15) is 26.4 Å². The van der Waals surface area contributed by atoms with E-state index in [1.54, 1.807) is 19.1 Å². The van der Waals surface area contributed by atoms with Crippen LogP contribution in [0.5, 0.6) is 5.75 Å². The van der Waals surface area contributed by atoms with Crippen molar-refractivity contribution in [3.8, 4) is 16.9 Å². The van der Waals surface area contributed by atoms with Crippen LogP contribution in [0.1, 0.15) is 26.6 Å². The molecule has 8 nitrogen and oxygen atoms in total. The van der Waals surface area contributed by atoms with Gasteiger partial charge in [0.25, 0.3) is 5.91 Å². The van der Waals surface area contributed by atoms with Gasteiger partial charge < -0.3 is 8.92 Å². The molecule has 1 aliphatic rings. The minimum absolute atomic E-state index is 0.0585. The Hall–Kier alpha value is -3.45. The zero-order valence-electron chi connectivity index (χ0n) is 18.3. The number of hydrogen-bond acceptors (Lipinski definition) is 8. The molecule has 0 radical (unpaired) electrons. The van der Waals surface area contributed by atoms with Gasteiger partial charge in [0.15, 0.2) is 5.13 Å². The molecule has 0 aliphatic heterocycles. The quantitative estimate of drug-likeness (QED) is 0.370. The zero-order chi connectivity index (χ0) is 25.4. The SMILES string of the molecule is COc1ccccc1-c1cc(C)ncc1C(=O)Nc1nc2c(s1)CC(OS(=O)(=O)C(F)(F)F)=CC2. The molecule has 1 amide bonds. The second kappa shape index (κ2) is 9.30. The number of allylic oxidation sites excluding steroid dienone is 2. The van der Waals surface area contributed by atoms with Gasteiger partial charge in [0.2, 0.25) is 0 Å². The van der Waals surface area contributed by atoms with Crippen LogP contribution < -0.4 is 10.1 Å². The number of nitrogens with zero attached hydrogens (tertiary/aromatic N) is 2. The van der Waals surface area contributed by atoms with Gasteiger partial charge >= 0.3 is 15.6 Å². The monoisotopic (exact) mass is 525 g/mol. The number of aryl methyl sites for hydroxylation is 1. The highest BCUT2D eigenvalue weighted by Gasteiger charge is 2.49. The fraction of sp³-hybridized carbons (Fsp3) is 0.227. The number of benzene rings is 1. The number of pyridine rings is 1. The van der Waals surface area contributed by atoms with E-state index in [1.165, 1.54) is 19.4 Å². The fourth-order valence-electron chi connectivity index (χ4n) is 3.42. The Labute approximate surface area is 202 Å². The van der Waals surface area contributed by atoms with Crippen LogP contribution in [0.3, 0.4) is 0 Å². The molecule has 0 saturated heterocycles. The number of hydrogen-bond donors (Lipinski definition) is 1. The Kier molecular flexibility index (Phi) is 6.56. The third kappa shape index (κ3) is 5.15. The summed E-state index contributed by atoms with van der Waals surface area (Å²) in [5, 5.41) is 2.90. The Morgan fingerprint density at radius 1 is 1.20 bits per heavy atom. The number of fused-ring (bicyclic) bond motifs is 1. The number of ether oxygens (including phenoxy) is 1. The summed E-state index contributed by atoms with van der Waals surface area (Å²) in [7, 11) is -4.23. The molecule has 3 aromatic rings. The highest BCUT2D eigenvalue weighted by Crippen LogP contribution is 2.35. The molecular formula is C22H18F3N3O5S2. The largest absolute Gasteiger partial charge is 0.534 e. The van der Waals surface area contributed by atoms with E-state index in [1.807, 2.05) is 18.2 Å². The maximum Gasteiger partial charge on any atom is 0.534 e. The average molecular weight is 526 g/mol. The minimum Gasteiger partial charge on any atom is -0.496 e. The smallest absolute Gasteiger partial charge is 0.496 e. The van der Waals surface area contributed by atoms with Crippen molar-refractivity contribution in [2.24, 2.45) is 0 Å². The molecule has 0 saturated carbocycles. The lowest BCUT2D eigenvalue weighted by Gasteiger charge is -2.14. The molecule has 1 N–H and O–H groups in total. The highest BCUT2D eigenvalue weighted by molar-refractivity contribution is 7.87. The highest BCUT2D eigenvalue weighted by atomic mass is 32.2. The summed E-state index contributed by atoms with van der Waals surface area (Å²) in [6.45, 7) is 1.79. The Balaban J connectivity index is 1.56. The summed E-state index contributed by atoms with van der Waals surface area (Å²) in [4.78, 5) is 22.2. The predicted molar refractivity (Wildman–Crippen MR) is 123 cm³/mol. The Bertz CT molecular complexity index is 1430. The van der Waals surface area contributed by atoms with Crippen molar-refractivity contribution in [3.05, 3.63) is 70.2 Å². The van der Waals surface area contributed by atoms with Crippen molar-refractivity contribution in [3.63, 3.8) is 0 Å². The maximum absolute atomic E-state index is 13.1. The molecule has 0 spiro atoms. The number of halogens is 3. The van der Waals surface area contributed by atoms with Crippen LogP contribution in [-0.4, -0.2) is 36.9 Å². The lowest BCUT2D eigenvalue weighted by molar-refractivity contribution is -0.0523. The summed E-state index contributed by atoms with van der Waals surface area (Å²) in [5.41, 5.74) is -2.76. The topological polar surface area (TPSA) is 107 Å². The number of nitrogens with one attached hydrogen (secondary N) is 1. The molecule has 1 aliphatic carbocycles. The first kappa shape index (κ1) is 24.7. The normalized spacial score (nSPS) is 13.6. The molecule has 0 fully saturated rings. The second-order valence-electron chi connectivity index (χ2n) is 7.45. The molecule has 1 aromatic carbocycles. The van der Waals surface area contributed by atoms with E-state index in [-0.39, 0.29) is 29.3 Å². The summed E-state index contributed by atoms with van der Waals surface area (Å²) in [6.07, 6.45) is 2.52. The van der Waals surface area contributed by atoms with Crippen LogP contribution in [-0.2, 0) is 27.1 Å². The van der Waals surface area contributed by atoms with E-state index in [0.717, 1.165) is 11.3 Å². The molecule has 184 valence electrons. The van der Waals surface area contributed by atoms with Crippen LogP contribution in [0, 0.1) is 6.92 Å². The van der Waals surface area contributed by atoms with Crippen LogP contribution in [0.15, 0.2) is 48.4 Å². The molecule has 35 heavy (non-hydrogen) atoms.